The number of nitrogens with zero attached hydrogens (tertiary/aromatic N) is 1. The Morgan fingerprint density at radius 1 is 1.62 bits per heavy atom. The summed E-state index contributed by atoms with van der Waals surface area (Å²) >= 11 is 0. The lowest BCUT2D eigenvalue weighted by atomic mass is 9.95. The fourth-order valence-corrected chi connectivity index (χ4v) is 1.69. The molecule has 1 heterocycles. The lowest BCUT2D eigenvalue weighted by molar-refractivity contribution is 0.387. The molecule has 0 saturated heterocycles. The van der Waals surface area contributed by atoms with Gasteiger partial charge in [-0.3, -0.25) is 4.99 Å². The van der Waals surface area contributed by atoms with Gasteiger partial charge in [0.05, 0.1) is 4.91 Å². The molecule has 0 aliphatic carbocycles. The normalized spacial score (nSPS) is 34.5. The Morgan fingerprint density at radius 2 is 2.15 bits per heavy atom. The number of dihydropyridines is 1. The molecule has 0 radical (unpaired) electrons. The summed E-state index contributed by atoms with van der Waals surface area (Å²) in [6.07, 6.45) is 4.13. The quantitative estimate of drug-likeness (QED) is 0.665. The van der Waals surface area contributed by atoms with E-state index in [1.54, 1.807) is 13.0 Å². The van der Waals surface area contributed by atoms with Crippen LogP contribution < -0.4 is 5.73 Å². The minimum Gasteiger partial charge on any atom is -0.307 e. The molecular formula is C8H14N2O2S. The predicted molar refractivity (Wildman–Crippen MR) is 53.2 cm³/mol. The third kappa shape index (κ3) is 2.16. The van der Waals surface area contributed by atoms with Gasteiger partial charge in [-0.25, -0.2) is 8.42 Å². The minimum atomic E-state index is -3.15. The van der Waals surface area contributed by atoms with Crippen LogP contribution >= 0.6 is 0 Å². The molecule has 0 fully saturated rings. The van der Waals surface area contributed by atoms with Gasteiger partial charge in [-0.1, -0.05) is 13.0 Å². The standard InChI is InChI=1S/C8H14N2O2S/c1-6-4-7(13(3,11)12)5-10-8(6,2)9/h4-6H,9H2,1-3H3. The second kappa shape index (κ2) is 2.92. The van der Waals surface area contributed by atoms with Gasteiger partial charge in [0.25, 0.3) is 0 Å². The SMILES string of the molecule is CC1C=C(S(C)(=O)=O)C=NC1(C)N. The van der Waals surface area contributed by atoms with Gasteiger partial charge in [0.15, 0.2) is 9.84 Å². The number of hydrogen-bond acceptors (Lipinski definition) is 4. The Morgan fingerprint density at radius 3 is 2.54 bits per heavy atom. The number of rotatable bonds is 1. The lowest BCUT2D eigenvalue weighted by Crippen LogP contribution is -2.42. The smallest absolute Gasteiger partial charge is 0.176 e. The highest BCUT2D eigenvalue weighted by Crippen LogP contribution is 2.23. The fraction of sp³-hybridized carbons (Fsp3) is 0.625. The van der Waals surface area contributed by atoms with Crippen molar-refractivity contribution in [1.82, 2.24) is 0 Å². The maximum Gasteiger partial charge on any atom is 0.176 e. The molecule has 0 bridgehead atoms. The van der Waals surface area contributed by atoms with Crippen LogP contribution in [0.1, 0.15) is 13.8 Å². The number of nitrogens with two attached hydrogens (primary N) is 1. The van der Waals surface area contributed by atoms with Crippen LogP contribution in [0.25, 0.3) is 0 Å². The molecule has 5 heteroatoms. The van der Waals surface area contributed by atoms with Gasteiger partial charge >= 0.3 is 0 Å². The van der Waals surface area contributed by atoms with Crippen LogP contribution in [-0.2, 0) is 9.84 Å². The first-order valence-corrected chi connectivity index (χ1v) is 5.88. The van der Waals surface area contributed by atoms with E-state index in [0.29, 0.717) is 0 Å². The minimum absolute atomic E-state index is 0.0674. The molecule has 4 nitrogen and oxygen atoms in total. The second-order valence-corrected chi connectivity index (χ2v) is 5.63. The molecule has 1 aliphatic rings. The largest absolute Gasteiger partial charge is 0.307 e. The van der Waals surface area contributed by atoms with Gasteiger partial charge in [-0.05, 0) is 6.92 Å². The maximum absolute atomic E-state index is 11.1. The first-order valence-electron chi connectivity index (χ1n) is 3.99. The van der Waals surface area contributed by atoms with Crippen molar-refractivity contribution in [3.63, 3.8) is 0 Å². The predicted octanol–water partition coefficient (Wildman–Crippen LogP) is 0.310. The van der Waals surface area contributed by atoms with Crippen molar-refractivity contribution in [2.45, 2.75) is 19.5 Å². The summed E-state index contributed by atoms with van der Waals surface area (Å²) in [4.78, 5) is 4.25. The summed E-state index contributed by atoms with van der Waals surface area (Å²) in [5.41, 5.74) is 5.10. The van der Waals surface area contributed by atoms with Gasteiger partial charge in [-0.2, -0.15) is 0 Å². The molecular weight excluding hydrogens is 188 g/mol. The molecule has 0 amide bonds. The summed E-state index contributed by atoms with van der Waals surface area (Å²) < 4.78 is 22.3. The second-order valence-electron chi connectivity index (χ2n) is 3.61. The zero-order valence-electron chi connectivity index (χ0n) is 7.98. The van der Waals surface area contributed by atoms with Crippen LogP contribution in [0.4, 0.5) is 0 Å². The zero-order valence-corrected chi connectivity index (χ0v) is 8.80. The average molecular weight is 202 g/mol. The van der Waals surface area contributed by atoms with E-state index in [9.17, 15) is 8.42 Å². The fourth-order valence-electron chi connectivity index (χ4n) is 0.998. The highest BCUT2D eigenvalue weighted by molar-refractivity contribution is 7.95. The van der Waals surface area contributed by atoms with E-state index < -0.39 is 15.5 Å². The van der Waals surface area contributed by atoms with Crippen molar-refractivity contribution in [2.75, 3.05) is 6.26 Å². The van der Waals surface area contributed by atoms with Gasteiger partial charge in [0, 0.05) is 18.4 Å². The topological polar surface area (TPSA) is 72.5 Å². The van der Waals surface area contributed by atoms with E-state index in [4.69, 9.17) is 5.73 Å². The molecule has 1 rings (SSSR count). The number of allylic oxidation sites excluding steroid dienone is 1. The monoisotopic (exact) mass is 202 g/mol. The van der Waals surface area contributed by atoms with Crippen molar-refractivity contribution in [2.24, 2.45) is 16.6 Å². The summed E-state index contributed by atoms with van der Waals surface area (Å²) in [5.74, 6) is -0.0674. The van der Waals surface area contributed by atoms with Crippen molar-refractivity contribution in [3.8, 4) is 0 Å². The Balaban J connectivity index is 3.07. The average Bonchev–Trinajstić information content (AvgIpc) is 1.92. The third-order valence-electron chi connectivity index (χ3n) is 2.23. The molecule has 2 N–H and O–H groups in total. The Labute approximate surface area is 78.5 Å². The molecule has 0 spiro atoms. The van der Waals surface area contributed by atoms with Crippen LogP contribution in [0, 0.1) is 5.92 Å². The third-order valence-corrected chi connectivity index (χ3v) is 3.33. The highest BCUT2D eigenvalue weighted by Gasteiger charge is 2.28. The van der Waals surface area contributed by atoms with E-state index in [2.05, 4.69) is 4.99 Å². The van der Waals surface area contributed by atoms with E-state index in [-0.39, 0.29) is 10.8 Å². The van der Waals surface area contributed by atoms with Crippen molar-refractivity contribution in [1.29, 1.82) is 0 Å². The summed E-state index contributed by atoms with van der Waals surface area (Å²) in [7, 11) is -3.15. The van der Waals surface area contributed by atoms with Crippen LogP contribution in [0.3, 0.4) is 0 Å². The maximum atomic E-state index is 11.1. The molecule has 0 aromatic rings. The Kier molecular flexibility index (Phi) is 2.34. The molecule has 0 aromatic carbocycles. The molecule has 74 valence electrons. The number of aliphatic imine (C=N–C) groups is 1. The summed E-state index contributed by atoms with van der Waals surface area (Å²) in [5, 5.41) is 0. The van der Waals surface area contributed by atoms with E-state index in [1.807, 2.05) is 6.92 Å². The van der Waals surface area contributed by atoms with Gasteiger partial charge in [0.2, 0.25) is 0 Å². The van der Waals surface area contributed by atoms with Crippen molar-refractivity contribution < 1.29 is 8.42 Å². The molecule has 2 unspecified atom stereocenters. The molecule has 1 aliphatic heterocycles. The molecule has 0 saturated carbocycles. The van der Waals surface area contributed by atoms with Crippen LogP contribution in [0.2, 0.25) is 0 Å². The zero-order chi connectivity index (χ0) is 10.3. The first kappa shape index (κ1) is 10.4. The van der Waals surface area contributed by atoms with E-state index >= 15 is 0 Å². The van der Waals surface area contributed by atoms with Gasteiger partial charge < -0.3 is 5.73 Å². The molecule has 2 atom stereocenters. The first-order chi connectivity index (χ1) is 5.73. The number of sulfone groups is 1. The van der Waals surface area contributed by atoms with Crippen LogP contribution in [-0.4, -0.2) is 26.6 Å². The van der Waals surface area contributed by atoms with Gasteiger partial charge in [-0.15, -0.1) is 0 Å². The Bertz CT molecular complexity index is 366. The summed E-state index contributed by atoms with van der Waals surface area (Å²) in [6, 6.07) is 0. The Hall–Kier alpha value is -0.680. The molecule has 13 heavy (non-hydrogen) atoms. The van der Waals surface area contributed by atoms with Crippen molar-refractivity contribution in [3.05, 3.63) is 11.0 Å². The lowest BCUT2D eigenvalue weighted by Gasteiger charge is -2.28. The van der Waals surface area contributed by atoms with E-state index in [0.717, 1.165) is 6.26 Å². The van der Waals surface area contributed by atoms with Gasteiger partial charge in [0.1, 0.15) is 5.66 Å². The van der Waals surface area contributed by atoms with Crippen LogP contribution in [0.5, 0.6) is 0 Å². The highest BCUT2D eigenvalue weighted by atomic mass is 32.2. The summed E-state index contributed by atoms with van der Waals surface area (Å²) in [6.45, 7) is 3.62. The van der Waals surface area contributed by atoms with Crippen LogP contribution in [0.15, 0.2) is 16.0 Å². The number of hydrogen-bond donors (Lipinski definition) is 1. The van der Waals surface area contributed by atoms with Crippen molar-refractivity contribution >= 4 is 16.1 Å². The molecule has 0 aromatic heterocycles. The van der Waals surface area contributed by atoms with E-state index in [1.165, 1.54) is 6.21 Å².